The number of thioether (sulfide) groups is 1. The molecule has 2 N–H and O–H groups in total. The van der Waals surface area contributed by atoms with Crippen molar-refractivity contribution in [1.29, 1.82) is 0 Å². The second-order valence-corrected chi connectivity index (χ2v) is 5.10. The number of carbonyl (C=O) groups excluding carboxylic acids is 1. The maximum atomic E-state index is 13.4. The quantitative estimate of drug-likeness (QED) is 0.871. The van der Waals surface area contributed by atoms with Gasteiger partial charge in [0.1, 0.15) is 11.9 Å². The van der Waals surface area contributed by atoms with E-state index in [0.29, 0.717) is 11.3 Å². The fourth-order valence-corrected chi connectivity index (χ4v) is 2.29. The van der Waals surface area contributed by atoms with Crippen LogP contribution in [0.3, 0.4) is 0 Å². The molecule has 0 spiro atoms. The van der Waals surface area contributed by atoms with E-state index in [1.807, 2.05) is 6.26 Å². The largest absolute Gasteiger partial charge is 0.372 e. The molecule has 1 aromatic rings. The van der Waals surface area contributed by atoms with Crippen molar-refractivity contribution in [2.45, 2.75) is 19.4 Å². The molecule has 1 aromatic carbocycles. The standard InChI is InChI=1S/C12H15FN2OS/c1-7-5-10-11(6-8(7)13)15-12(16)9(14-10)3-4-17-2/h5-6,9,14H,3-4H2,1-2H3,(H,15,16). The Bertz CT molecular complexity index is 450. The van der Waals surface area contributed by atoms with Crippen LogP contribution in [0.25, 0.3) is 0 Å². The molecule has 1 unspecified atom stereocenters. The summed E-state index contributed by atoms with van der Waals surface area (Å²) in [7, 11) is 0. The number of amides is 1. The summed E-state index contributed by atoms with van der Waals surface area (Å²) in [6, 6.07) is 2.87. The lowest BCUT2D eigenvalue weighted by molar-refractivity contribution is -0.117. The van der Waals surface area contributed by atoms with Crippen LogP contribution >= 0.6 is 11.8 Å². The van der Waals surface area contributed by atoms with Crippen LogP contribution < -0.4 is 10.6 Å². The summed E-state index contributed by atoms with van der Waals surface area (Å²) in [5.74, 6) is 0.531. The van der Waals surface area contributed by atoms with E-state index in [1.165, 1.54) is 6.07 Å². The van der Waals surface area contributed by atoms with E-state index in [-0.39, 0.29) is 17.8 Å². The number of hydrogen-bond donors (Lipinski definition) is 2. The first kappa shape index (κ1) is 12.2. The zero-order chi connectivity index (χ0) is 12.4. The van der Waals surface area contributed by atoms with Gasteiger partial charge in [0, 0.05) is 0 Å². The molecule has 0 saturated heterocycles. The second kappa shape index (κ2) is 4.96. The average Bonchev–Trinajstić information content (AvgIpc) is 2.29. The van der Waals surface area contributed by atoms with Crippen molar-refractivity contribution >= 4 is 29.0 Å². The zero-order valence-corrected chi connectivity index (χ0v) is 10.7. The Kier molecular flexibility index (Phi) is 3.57. The summed E-state index contributed by atoms with van der Waals surface area (Å²) in [5, 5.41) is 5.89. The number of rotatable bonds is 3. The summed E-state index contributed by atoms with van der Waals surface area (Å²) >= 11 is 1.70. The first-order valence-corrected chi connectivity index (χ1v) is 6.87. The molecule has 17 heavy (non-hydrogen) atoms. The van der Waals surface area contributed by atoms with E-state index in [9.17, 15) is 9.18 Å². The van der Waals surface area contributed by atoms with E-state index in [0.717, 1.165) is 17.9 Å². The van der Waals surface area contributed by atoms with Crippen molar-refractivity contribution in [1.82, 2.24) is 0 Å². The van der Waals surface area contributed by atoms with Crippen LogP contribution in [0.2, 0.25) is 0 Å². The number of aryl methyl sites for hydroxylation is 1. The van der Waals surface area contributed by atoms with Gasteiger partial charge in [-0.15, -0.1) is 0 Å². The van der Waals surface area contributed by atoms with Gasteiger partial charge in [-0.05, 0) is 43.0 Å². The molecule has 0 saturated carbocycles. The van der Waals surface area contributed by atoms with Crippen molar-refractivity contribution in [3.8, 4) is 0 Å². The first-order chi connectivity index (χ1) is 8.11. The van der Waals surface area contributed by atoms with Gasteiger partial charge in [0.05, 0.1) is 11.4 Å². The lowest BCUT2D eigenvalue weighted by atomic mass is 10.1. The van der Waals surface area contributed by atoms with Gasteiger partial charge in [-0.25, -0.2) is 4.39 Å². The van der Waals surface area contributed by atoms with Gasteiger partial charge in [0.2, 0.25) is 5.91 Å². The minimum atomic E-state index is -0.298. The molecule has 0 aliphatic carbocycles. The van der Waals surface area contributed by atoms with Crippen molar-refractivity contribution in [3.05, 3.63) is 23.5 Å². The van der Waals surface area contributed by atoms with Gasteiger partial charge in [-0.3, -0.25) is 4.79 Å². The predicted molar refractivity (Wildman–Crippen MR) is 70.2 cm³/mol. The minimum absolute atomic E-state index is 0.0881. The first-order valence-electron chi connectivity index (χ1n) is 5.48. The molecule has 1 aliphatic heterocycles. The Hall–Kier alpha value is -1.23. The number of halogens is 1. The van der Waals surface area contributed by atoms with Gasteiger partial charge in [-0.2, -0.15) is 11.8 Å². The van der Waals surface area contributed by atoms with E-state index < -0.39 is 0 Å². The second-order valence-electron chi connectivity index (χ2n) is 4.11. The SMILES string of the molecule is CSCCC1Nc2cc(C)c(F)cc2NC1=O. The molecule has 92 valence electrons. The van der Waals surface area contributed by atoms with Crippen molar-refractivity contribution in [2.75, 3.05) is 22.6 Å². The van der Waals surface area contributed by atoms with Crippen molar-refractivity contribution in [3.63, 3.8) is 0 Å². The van der Waals surface area contributed by atoms with Gasteiger partial charge in [0.15, 0.2) is 0 Å². The highest BCUT2D eigenvalue weighted by Gasteiger charge is 2.25. The number of fused-ring (bicyclic) bond motifs is 1. The van der Waals surface area contributed by atoms with Crippen LogP contribution in [-0.4, -0.2) is 24.0 Å². The number of nitrogens with one attached hydrogen (secondary N) is 2. The van der Waals surface area contributed by atoms with Gasteiger partial charge in [0.25, 0.3) is 0 Å². The Labute approximate surface area is 104 Å². The molecule has 1 atom stereocenters. The maximum Gasteiger partial charge on any atom is 0.246 e. The topological polar surface area (TPSA) is 41.1 Å². The normalized spacial score (nSPS) is 18.3. The summed E-state index contributed by atoms with van der Waals surface area (Å²) in [6.45, 7) is 1.71. The highest BCUT2D eigenvalue weighted by Crippen LogP contribution is 2.30. The number of carbonyl (C=O) groups is 1. The molecule has 1 heterocycles. The molecule has 0 bridgehead atoms. The van der Waals surface area contributed by atoms with Crippen molar-refractivity contribution in [2.24, 2.45) is 0 Å². The summed E-state index contributed by atoms with van der Waals surface area (Å²) in [4.78, 5) is 11.8. The lowest BCUT2D eigenvalue weighted by Crippen LogP contribution is -2.39. The third kappa shape index (κ3) is 2.54. The monoisotopic (exact) mass is 254 g/mol. The molecule has 1 aliphatic rings. The van der Waals surface area contributed by atoms with Crippen LogP contribution in [0.4, 0.5) is 15.8 Å². The highest BCUT2D eigenvalue weighted by atomic mass is 32.2. The Morgan fingerprint density at radius 3 is 2.88 bits per heavy atom. The van der Waals surface area contributed by atoms with E-state index >= 15 is 0 Å². The zero-order valence-electron chi connectivity index (χ0n) is 9.84. The number of anilines is 2. The predicted octanol–water partition coefficient (Wildman–Crippen LogP) is 2.62. The van der Waals surface area contributed by atoms with Crippen LogP contribution in [-0.2, 0) is 4.79 Å². The fraction of sp³-hybridized carbons (Fsp3) is 0.417. The third-order valence-corrected chi connectivity index (χ3v) is 3.46. The smallest absolute Gasteiger partial charge is 0.246 e. The third-order valence-electron chi connectivity index (χ3n) is 2.81. The Morgan fingerprint density at radius 2 is 2.18 bits per heavy atom. The summed E-state index contributed by atoms with van der Waals surface area (Å²) < 4.78 is 13.4. The molecule has 0 fully saturated rings. The molecule has 1 amide bonds. The molecule has 5 heteroatoms. The molecule has 0 radical (unpaired) electrons. The number of benzene rings is 1. The average molecular weight is 254 g/mol. The highest BCUT2D eigenvalue weighted by molar-refractivity contribution is 7.98. The number of hydrogen-bond acceptors (Lipinski definition) is 3. The van der Waals surface area contributed by atoms with Gasteiger partial charge < -0.3 is 10.6 Å². The van der Waals surface area contributed by atoms with E-state index in [2.05, 4.69) is 10.6 Å². The minimum Gasteiger partial charge on any atom is -0.372 e. The molecule has 3 nitrogen and oxygen atoms in total. The Balaban J connectivity index is 2.22. The van der Waals surface area contributed by atoms with Crippen LogP contribution in [0, 0.1) is 12.7 Å². The molecular weight excluding hydrogens is 239 g/mol. The summed E-state index contributed by atoms with van der Waals surface area (Å²) in [6.07, 6.45) is 2.77. The Morgan fingerprint density at radius 1 is 1.41 bits per heavy atom. The molecule has 0 aromatic heterocycles. The molecule has 2 rings (SSSR count). The lowest BCUT2D eigenvalue weighted by Gasteiger charge is -2.27. The van der Waals surface area contributed by atoms with Gasteiger partial charge >= 0.3 is 0 Å². The maximum absolute atomic E-state index is 13.4. The van der Waals surface area contributed by atoms with Crippen molar-refractivity contribution < 1.29 is 9.18 Å². The van der Waals surface area contributed by atoms with E-state index in [1.54, 1.807) is 24.8 Å². The van der Waals surface area contributed by atoms with Crippen LogP contribution in [0.15, 0.2) is 12.1 Å². The van der Waals surface area contributed by atoms with E-state index in [4.69, 9.17) is 0 Å². The molecular formula is C12H15FN2OS. The van der Waals surface area contributed by atoms with Gasteiger partial charge in [-0.1, -0.05) is 0 Å². The van der Waals surface area contributed by atoms with Crippen LogP contribution in [0.5, 0.6) is 0 Å². The van der Waals surface area contributed by atoms with Crippen LogP contribution in [0.1, 0.15) is 12.0 Å². The summed E-state index contributed by atoms with van der Waals surface area (Å²) in [5.41, 5.74) is 1.91. The fourth-order valence-electron chi connectivity index (χ4n) is 1.82.